The van der Waals surface area contributed by atoms with Crippen molar-refractivity contribution in [1.29, 1.82) is 0 Å². The van der Waals surface area contributed by atoms with Crippen molar-refractivity contribution in [3.8, 4) is 11.1 Å². The monoisotopic (exact) mass is 504 g/mol. The van der Waals surface area contributed by atoms with Gasteiger partial charge in [0.15, 0.2) is 5.78 Å². The number of carbonyl (C=O) groups excluding carboxylic acids is 2. The highest BCUT2D eigenvalue weighted by molar-refractivity contribution is 7.13. The number of aromatic carboxylic acids is 1. The minimum atomic E-state index is -0.776. The molecule has 5 heteroatoms. The van der Waals surface area contributed by atoms with Crippen LogP contribution in [0.5, 0.6) is 0 Å². The third-order valence-electron chi connectivity index (χ3n) is 7.14. The Morgan fingerprint density at radius 3 is 2.39 bits per heavy atom. The van der Waals surface area contributed by atoms with Gasteiger partial charge < -0.3 is 5.11 Å². The second-order valence-electron chi connectivity index (χ2n) is 9.79. The number of benzene rings is 2. The van der Waals surface area contributed by atoms with Gasteiger partial charge in [-0.05, 0) is 66.3 Å². The van der Waals surface area contributed by atoms with Crippen LogP contribution >= 0.6 is 11.3 Å². The summed E-state index contributed by atoms with van der Waals surface area (Å²) in [5, 5.41) is 9.95. The number of aryl methyl sites for hydroxylation is 4. The van der Waals surface area contributed by atoms with E-state index in [-0.39, 0.29) is 11.7 Å². The zero-order valence-corrected chi connectivity index (χ0v) is 22.9. The molecule has 2 aromatic carbocycles. The van der Waals surface area contributed by atoms with Crippen molar-refractivity contribution in [2.75, 3.05) is 0 Å². The smallest absolute Gasteiger partial charge is 0.337 e. The Bertz CT molecular complexity index is 1280. The molecule has 190 valence electrons. The molecule has 0 saturated carbocycles. The molecule has 0 saturated heterocycles. The maximum Gasteiger partial charge on any atom is 0.337 e. The highest BCUT2D eigenvalue weighted by Crippen LogP contribution is 2.46. The van der Waals surface area contributed by atoms with Gasteiger partial charge in [0, 0.05) is 32.9 Å². The summed E-state index contributed by atoms with van der Waals surface area (Å²) in [6.07, 6.45) is 4.18. The van der Waals surface area contributed by atoms with Crippen LogP contribution in [-0.4, -0.2) is 23.1 Å². The van der Waals surface area contributed by atoms with Gasteiger partial charge in [0.1, 0.15) is 6.29 Å². The first-order valence-electron chi connectivity index (χ1n) is 12.7. The van der Waals surface area contributed by atoms with Crippen LogP contribution < -0.4 is 0 Å². The molecule has 0 aliphatic heterocycles. The topological polar surface area (TPSA) is 71.4 Å². The molecule has 1 aromatic heterocycles. The molecule has 4 nitrogen and oxygen atoms in total. The molecule has 3 aromatic rings. The number of Topliss-reactive ketones (excluding diaryl/α,β-unsaturated/α-hetero) is 1. The normalized spacial score (nSPS) is 12.8. The molecule has 0 amide bonds. The van der Waals surface area contributed by atoms with Gasteiger partial charge in [-0.2, -0.15) is 0 Å². The molecule has 36 heavy (non-hydrogen) atoms. The Morgan fingerprint density at radius 2 is 1.81 bits per heavy atom. The van der Waals surface area contributed by atoms with Crippen LogP contribution in [0.3, 0.4) is 0 Å². The number of carboxylic acid groups (broad SMARTS) is 1. The van der Waals surface area contributed by atoms with E-state index in [4.69, 9.17) is 0 Å². The van der Waals surface area contributed by atoms with Gasteiger partial charge in [-0.15, -0.1) is 11.3 Å². The number of aldehydes is 1. The molecule has 1 N–H and O–H groups in total. The minimum absolute atomic E-state index is 0.0682. The Kier molecular flexibility index (Phi) is 9.02. The Balaban J connectivity index is 0.000000253. The third kappa shape index (κ3) is 5.67. The van der Waals surface area contributed by atoms with Crippen LogP contribution in [0.1, 0.15) is 104 Å². The van der Waals surface area contributed by atoms with Gasteiger partial charge in [-0.3, -0.25) is 9.59 Å². The highest BCUT2D eigenvalue weighted by Gasteiger charge is 2.31. The molecule has 1 atom stereocenters. The number of carboxylic acids is 1. The molecule has 0 spiro atoms. The summed E-state index contributed by atoms with van der Waals surface area (Å²) < 4.78 is 0. The summed E-state index contributed by atoms with van der Waals surface area (Å²) >= 11 is 1.73. The number of rotatable bonds is 7. The van der Waals surface area contributed by atoms with Crippen LogP contribution in [-0.2, 0) is 19.3 Å². The summed E-state index contributed by atoms with van der Waals surface area (Å²) in [6.45, 7) is 12.6. The van der Waals surface area contributed by atoms with Crippen molar-refractivity contribution in [2.45, 2.75) is 73.1 Å². The van der Waals surface area contributed by atoms with E-state index in [1.807, 2.05) is 0 Å². The van der Waals surface area contributed by atoms with Crippen molar-refractivity contribution >= 4 is 29.4 Å². The Hall–Kier alpha value is -3.05. The Labute approximate surface area is 218 Å². The maximum atomic E-state index is 12.1. The lowest BCUT2D eigenvalue weighted by Crippen LogP contribution is -2.10. The highest BCUT2D eigenvalue weighted by atomic mass is 32.1. The summed E-state index contributed by atoms with van der Waals surface area (Å²) in [5.41, 5.74) is 7.84. The number of fused-ring (bicyclic) bond motifs is 3. The second kappa shape index (κ2) is 11.8. The van der Waals surface area contributed by atoms with E-state index >= 15 is 0 Å². The summed E-state index contributed by atoms with van der Waals surface area (Å²) in [4.78, 5) is 36.0. The van der Waals surface area contributed by atoms with Crippen molar-refractivity contribution in [1.82, 2.24) is 0 Å². The molecular formula is C31H36O4S. The average molecular weight is 505 g/mol. The lowest BCUT2D eigenvalue weighted by molar-refractivity contribution is 0.0696. The van der Waals surface area contributed by atoms with Gasteiger partial charge in [-0.25, -0.2) is 4.79 Å². The van der Waals surface area contributed by atoms with Crippen molar-refractivity contribution < 1.29 is 19.5 Å². The first-order chi connectivity index (χ1) is 17.1. The molecule has 1 unspecified atom stereocenters. The number of hydrogen-bond acceptors (Lipinski definition) is 4. The number of ketones is 1. The molecular weight excluding hydrogens is 468 g/mol. The predicted molar refractivity (Wildman–Crippen MR) is 148 cm³/mol. The molecule has 0 bridgehead atoms. The van der Waals surface area contributed by atoms with E-state index in [1.54, 1.807) is 42.5 Å². The fraction of sp³-hybridized carbons (Fsp3) is 0.387. The van der Waals surface area contributed by atoms with Crippen molar-refractivity contribution in [3.05, 3.63) is 79.5 Å². The average Bonchev–Trinajstić information content (AvgIpc) is 3.28. The fourth-order valence-corrected chi connectivity index (χ4v) is 6.20. The van der Waals surface area contributed by atoms with Crippen LogP contribution in [0.4, 0.5) is 0 Å². The van der Waals surface area contributed by atoms with Crippen molar-refractivity contribution in [2.24, 2.45) is 5.92 Å². The van der Waals surface area contributed by atoms with Crippen LogP contribution in [0.15, 0.2) is 36.4 Å². The third-order valence-corrected chi connectivity index (χ3v) is 8.59. The SMILES string of the molecule is CCC(=O)c1cccc(C=O)c1.CCc1cc2c(cc1C)CCc1sc(C(C)C(C)C)c(C(=O)O)c1-2. The molecule has 4 rings (SSSR count). The summed E-state index contributed by atoms with van der Waals surface area (Å²) in [6, 6.07) is 11.2. The van der Waals surface area contributed by atoms with E-state index in [0.29, 0.717) is 29.0 Å². The first kappa shape index (κ1) is 27.5. The second-order valence-corrected chi connectivity index (χ2v) is 10.9. The van der Waals surface area contributed by atoms with Gasteiger partial charge >= 0.3 is 5.97 Å². The van der Waals surface area contributed by atoms with E-state index < -0.39 is 5.97 Å². The molecule has 1 aliphatic rings. The summed E-state index contributed by atoms with van der Waals surface area (Å²) in [5.74, 6) is -0.00156. The van der Waals surface area contributed by atoms with E-state index in [0.717, 1.165) is 41.6 Å². The van der Waals surface area contributed by atoms with Gasteiger partial charge in [0.2, 0.25) is 0 Å². The minimum Gasteiger partial charge on any atom is -0.478 e. The first-order valence-corrected chi connectivity index (χ1v) is 13.5. The lowest BCUT2D eigenvalue weighted by Gasteiger charge is -2.20. The standard InChI is InChI=1S/C21H26O2S.C10H10O2/c1-6-14-10-16-15(9-12(14)4)7-8-17-18(16)19(21(22)23)20(24-17)13(5)11(2)3;1-2-10(12)9-5-3-4-8(6-9)7-11/h9-11,13H,6-8H2,1-5H3,(H,22,23);3-7H,2H2,1H3. The van der Waals surface area contributed by atoms with Crippen LogP contribution in [0.25, 0.3) is 11.1 Å². The molecule has 1 aliphatic carbocycles. The van der Waals surface area contributed by atoms with Gasteiger partial charge in [0.05, 0.1) is 5.56 Å². The van der Waals surface area contributed by atoms with E-state index in [9.17, 15) is 19.5 Å². The number of carbonyl (C=O) groups is 3. The molecule has 0 radical (unpaired) electrons. The number of thiophene rings is 1. The number of hydrogen-bond donors (Lipinski definition) is 1. The van der Waals surface area contributed by atoms with Crippen LogP contribution in [0.2, 0.25) is 0 Å². The quantitative estimate of drug-likeness (QED) is 0.262. The van der Waals surface area contributed by atoms with Crippen LogP contribution in [0, 0.1) is 12.8 Å². The van der Waals surface area contributed by atoms with Crippen molar-refractivity contribution in [3.63, 3.8) is 0 Å². The zero-order valence-electron chi connectivity index (χ0n) is 22.1. The fourth-order valence-electron chi connectivity index (χ4n) is 4.66. The molecule has 0 fully saturated rings. The van der Waals surface area contributed by atoms with E-state index in [2.05, 4.69) is 46.8 Å². The lowest BCUT2D eigenvalue weighted by atomic mass is 9.83. The summed E-state index contributed by atoms with van der Waals surface area (Å²) in [7, 11) is 0. The molecule has 1 heterocycles. The van der Waals surface area contributed by atoms with Gasteiger partial charge in [0.25, 0.3) is 0 Å². The maximum absolute atomic E-state index is 12.1. The van der Waals surface area contributed by atoms with Gasteiger partial charge in [-0.1, -0.05) is 65.0 Å². The van der Waals surface area contributed by atoms with E-state index in [1.165, 1.54) is 21.6 Å². The zero-order chi connectivity index (χ0) is 26.6. The largest absolute Gasteiger partial charge is 0.478 e. The Morgan fingerprint density at radius 1 is 1.08 bits per heavy atom. The predicted octanol–water partition coefficient (Wildman–Crippen LogP) is 7.93.